The molecular weight excluding hydrogens is 494 g/mol. The molecule has 0 bridgehead atoms. The Morgan fingerprint density at radius 1 is 1.10 bits per heavy atom. The molecule has 3 rings (SSSR count). The predicted molar refractivity (Wildman–Crippen MR) is 118 cm³/mol. The van der Waals surface area contributed by atoms with Crippen molar-refractivity contribution in [3.63, 3.8) is 0 Å². The molecule has 3 aromatic rings. The van der Waals surface area contributed by atoms with Gasteiger partial charge in [-0.1, -0.05) is 47.2 Å². The second-order valence-electron chi connectivity index (χ2n) is 6.02. The van der Waals surface area contributed by atoms with Gasteiger partial charge in [0.1, 0.15) is 15.2 Å². The van der Waals surface area contributed by atoms with Crippen LogP contribution in [0.15, 0.2) is 64.5 Å². The van der Waals surface area contributed by atoms with Crippen molar-refractivity contribution in [1.29, 1.82) is 0 Å². The van der Waals surface area contributed by atoms with Crippen molar-refractivity contribution >= 4 is 63.5 Å². The summed E-state index contributed by atoms with van der Waals surface area (Å²) in [6.07, 6.45) is -4.53. The Morgan fingerprint density at radius 3 is 2.39 bits per heavy atom. The standard InChI is InChI=1S/C19H10Cl2F3N3O2S2/c20-15-6-3-12(27(28)29)9-14(15)18(30)25-11-1-4-13(5-2-11)31-17-8-10(19(22,23)24)7-16(21)26-17/h1-9H,(H,25,30). The summed E-state index contributed by atoms with van der Waals surface area (Å²) in [5, 5.41) is 14.0. The molecule has 160 valence electrons. The van der Waals surface area contributed by atoms with Crippen molar-refractivity contribution in [2.24, 2.45) is 0 Å². The first-order valence-corrected chi connectivity index (χ1v) is 10.3. The quantitative estimate of drug-likeness (QED) is 0.171. The van der Waals surface area contributed by atoms with Gasteiger partial charge in [-0.25, -0.2) is 4.98 Å². The number of nitro benzene ring substituents is 1. The van der Waals surface area contributed by atoms with Crippen molar-refractivity contribution in [2.75, 3.05) is 5.32 Å². The monoisotopic (exact) mass is 503 g/mol. The number of halogens is 5. The zero-order valence-electron chi connectivity index (χ0n) is 15.1. The van der Waals surface area contributed by atoms with E-state index in [1.165, 1.54) is 18.2 Å². The third kappa shape index (κ3) is 6.07. The molecule has 12 heteroatoms. The van der Waals surface area contributed by atoms with Crippen LogP contribution in [-0.2, 0) is 6.18 Å². The van der Waals surface area contributed by atoms with Gasteiger partial charge >= 0.3 is 6.18 Å². The van der Waals surface area contributed by atoms with Crippen LogP contribution in [0.4, 0.5) is 24.5 Å². The number of rotatable bonds is 5. The van der Waals surface area contributed by atoms with Crippen LogP contribution in [0.3, 0.4) is 0 Å². The lowest BCUT2D eigenvalue weighted by Crippen LogP contribution is -2.11. The number of aromatic nitrogens is 1. The van der Waals surface area contributed by atoms with E-state index in [1.54, 1.807) is 24.3 Å². The molecule has 0 fully saturated rings. The fourth-order valence-electron chi connectivity index (χ4n) is 2.42. The molecule has 0 radical (unpaired) electrons. The summed E-state index contributed by atoms with van der Waals surface area (Å²) in [4.78, 5) is 15.1. The van der Waals surface area contributed by atoms with Crippen LogP contribution >= 0.6 is 47.2 Å². The number of nitrogens with zero attached hydrogens (tertiary/aromatic N) is 2. The van der Waals surface area contributed by atoms with Crippen LogP contribution in [-0.4, -0.2) is 14.9 Å². The molecule has 1 aromatic heterocycles. The van der Waals surface area contributed by atoms with Gasteiger partial charge in [0.25, 0.3) is 5.69 Å². The minimum absolute atomic E-state index is 0.0967. The smallest absolute Gasteiger partial charge is 0.346 e. The Labute approximate surface area is 193 Å². The lowest BCUT2D eigenvalue weighted by molar-refractivity contribution is -0.384. The van der Waals surface area contributed by atoms with Crippen molar-refractivity contribution in [3.8, 4) is 0 Å². The second-order valence-corrected chi connectivity index (χ2v) is 8.31. The minimum atomic E-state index is -4.53. The number of hydrogen-bond donors (Lipinski definition) is 1. The maximum Gasteiger partial charge on any atom is 0.416 e. The van der Waals surface area contributed by atoms with E-state index >= 15 is 0 Å². The number of hydrogen-bond acceptors (Lipinski definition) is 5. The van der Waals surface area contributed by atoms with E-state index in [9.17, 15) is 23.3 Å². The van der Waals surface area contributed by atoms with E-state index in [-0.39, 0.29) is 25.9 Å². The highest BCUT2D eigenvalue weighted by Gasteiger charge is 2.31. The van der Waals surface area contributed by atoms with E-state index < -0.39 is 16.7 Å². The zero-order chi connectivity index (χ0) is 22.8. The number of thiocarbonyl (C=S) groups is 1. The number of nitrogens with one attached hydrogen (secondary N) is 1. The summed E-state index contributed by atoms with van der Waals surface area (Å²) < 4.78 is 38.8. The molecule has 0 unspecified atom stereocenters. The molecule has 0 atom stereocenters. The van der Waals surface area contributed by atoms with Gasteiger partial charge in [-0.15, -0.1) is 0 Å². The largest absolute Gasteiger partial charge is 0.416 e. The first kappa shape index (κ1) is 23.3. The lowest BCUT2D eigenvalue weighted by atomic mass is 10.2. The molecule has 0 saturated carbocycles. The first-order chi connectivity index (χ1) is 14.5. The number of nitro groups is 1. The maximum absolute atomic E-state index is 12.9. The van der Waals surface area contributed by atoms with Crippen LogP contribution in [0.25, 0.3) is 0 Å². The molecule has 2 aromatic carbocycles. The van der Waals surface area contributed by atoms with Crippen molar-refractivity contribution in [2.45, 2.75) is 16.1 Å². The van der Waals surface area contributed by atoms with E-state index in [0.29, 0.717) is 16.1 Å². The highest BCUT2D eigenvalue weighted by atomic mass is 35.5. The normalized spacial score (nSPS) is 11.3. The van der Waals surface area contributed by atoms with Gasteiger partial charge in [-0.05, 0) is 42.5 Å². The van der Waals surface area contributed by atoms with Crippen LogP contribution < -0.4 is 5.32 Å². The Kier molecular flexibility index (Phi) is 7.05. The number of benzene rings is 2. The molecule has 1 heterocycles. The van der Waals surface area contributed by atoms with E-state index in [1.807, 2.05) is 0 Å². The molecule has 0 amide bonds. The van der Waals surface area contributed by atoms with E-state index in [0.717, 1.165) is 23.9 Å². The SMILES string of the molecule is O=[N+]([O-])c1ccc(Cl)c(C(=S)Nc2ccc(Sc3cc(C(F)(F)F)cc(Cl)n3)cc2)c1. The summed E-state index contributed by atoms with van der Waals surface area (Å²) in [5.74, 6) is 0. The molecule has 0 aliphatic carbocycles. The first-order valence-electron chi connectivity index (χ1n) is 8.31. The summed E-state index contributed by atoms with van der Waals surface area (Å²) in [6.45, 7) is 0. The Balaban J connectivity index is 1.74. The molecule has 1 N–H and O–H groups in total. The Hall–Kier alpha value is -2.40. The van der Waals surface area contributed by atoms with Crippen LogP contribution in [0, 0.1) is 10.1 Å². The molecule has 31 heavy (non-hydrogen) atoms. The molecule has 0 aliphatic heterocycles. The van der Waals surface area contributed by atoms with Crippen molar-refractivity contribution in [3.05, 3.63) is 86.0 Å². The molecule has 0 aliphatic rings. The van der Waals surface area contributed by atoms with E-state index in [2.05, 4.69) is 10.3 Å². The fourth-order valence-corrected chi connectivity index (χ4v) is 4.07. The van der Waals surface area contributed by atoms with E-state index in [4.69, 9.17) is 35.4 Å². The minimum Gasteiger partial charge on any atom is -0.346 e. The molecule has 0 spiro atoms. The molecule has 0 saturated heterocycles. The van der Waals surface area contributed by atoms with Crippen molar-refractivity contribution < 1.29 is 18.1 Å². The second kappa shape index (κ2) is 9.39. The van der Waals surface area contributed by atoms with Crippen LogP contribution in [0.5, 0.6) is 0 Å². The van der Waals surface area contributed by atoms with Gasteiger partial charge in [0.15, 0.2) is 0 Å². The van der Waals surface area contributed by atoms with Crippen LogP contribution in [0.2, 0.25) is 10.2 Å². The van der Waals surface area contributed by atoms with Crippen LogP contribution in [0.1, 0.15) is 11.1 Å². The van der Waals surface area contributed by atoms with Gasteiger partial charge in [0.05, 0.1) is 15.5 Å². The summed E-state index contributed by atoms with van der Waals surface area (Å²) in [5.41, 5.74) is -0.172. The third-order valence-corrected chi connectivity index (χ3v) is 5.61. The summed E-state index contributed by atoms with van der Waals surface area (Å²) in [6, 6.07) is 12.2. The summed E-state index contributed by atoms with van der Waals surface area (Å²) >= 11 is 18.1. The average Bonchev–Trinajstić information content (AvgIpc) is 2.68. The Bertz CT molecular complexity index is 1160. The van der Waals surface area contributed by atoms with Gasteiger partial charge < -0.3 is 5.32 Å². The highest BCUT2D eigenvalue weighted by molar-refractivity contribution is 7.99. The van der Waals surface area contributed by atoms with Crippen molar-refractivity contribution in [1.82, 2.24) is 4.98 Å². The summed E-state index contributed by atoms with van der Waals surface area (Å²) in [7, 11) is 0. The van der Waals surface area contributed by atoms with Gasteiger partial charge in [-0.2, -0.15) is 13.2 Å². The third-order valence-electron chi connectivity index (χ3n) is 3.84. The molecule has 5 nitrogen and oxygen atoms in total. The van der Waals surface area contributed by atoms with Gasteiger partial charge in [-0.3, -0.25) is 10.1 Å². The Morgan fingerprint density at radius 2 is 1.77 bits per heavy atom. The van der Waals surface area contributed by atoms with Gasteiger partial charge in [0, 0.05) is 28.3 Å². The van der Waals surface area contributed by atoms with Gasteiger partial charge in [0.2, 0.25) is 0 Å². The predicted octanol–water partition coefficient (Wildman–Crippen LogP) is 7.25. The lowest BCUT2D eigenvalue weighted by Gasteiger charge is -2.11. The average molecular weight is 504 g/mol. The topological polar surface area (TPSA) is 68.1 Å². The number of alkyl halides is 3. The maximum atomic E-state index is 12.9. The number of pyridine rings is 1. The molecular formula is C19H10Cl2F3N3O2S2. The zero-order valence-corrected chi connectivity index (χ0v) is 18.3. The number of non-ortho nitro benzene ring substituents is 1. The number of anilines is 1. The fraction of sp³-hybridized carbons (Fsp3) is 0.0526. The highest BCUT2D eigenvalue weighted by Crippen LogP contribution is 2.35.